The van der Waals surface area contributed by atoms with E-state index in [1.54, 1.807) is 0 Å². The number of methoxy groups -OCH3 is 1. The van der Waals surface area contributed by atoms with Gasteiger partial charge in [0.25, 0.3) is 5.56 Å². The molecule has 0 spiro atoms. The SMILES string of the molecule is COc1cc2nc(NC(=O)CN3NNc4c3c(=O)n(C)c(=O)n4C)sc2cc1F. The number of aromatic nitrogens is 3. The van der Waals surface area contributed by atoms with Crippen LogP contribution >= 0.6 is 11.3 Å². The quantitative estimate of drug-likeness (QED) is 0.544. The summed E-state index contributed by atoms with van der Waals surface area (Å²) in [6, 6.07) is 2.73. The van der Waals surface area contributed by atoms with Gasteiger partial charge in [-0.25, -0.2) is 14.2 Å². The summed E-state index contributed by atoms with van der Waals surface area (Å²) in [5, 5.41) is 4.19. The molecule has 1 amide bonds. The molecule has 0 saturated heterocycles. The van der Waals surface area contributed by atoms with Crippen molar-refractivity contribution in [1.82, 2.24) is 19.7 Å². The smallest absolute Gasteiger partial charge is 0.332 e. The van der Waals surface area contributed by atoms with E-state index in [0.717, 1.165) is 15.9 Å². The fourth-order valence-corrected chi connectivity index (χ4v) is 3.84. The zero-order valence-corrected chi connectivity index (χ0v) is 16.4. The number of carbonyl (C=O) groups excluding carboxylic acids is 1. The summed E-state index contributed by atoms with van der Waals surface area (Å²) in [6.07, 6.45) is 0. The molecule has 1 aromatic carbocycles. The molecule has 0 saturated carbocycles. The van der Waals surface area contributed by atoms with Crippen LogP contribution in [0.4, 0.5) is 21.0 Å². The maximum Gasteiger partial charge on any atom is 0.332 e. The predicted molar refractivity (Wildman–Crippen MR) is 106 cm³/mol. The Labute approximate surface area is 166 Å². The van der Waals surface area contributed by atoms with E-state index in [-0.39, 0.29) is 28.9 Å². The molecule has 11 nitrogen and oxygen atoms in total. The molecule has 0 bridgehead atoms. The van der Waals surface area contributed by atoms with Gasteiger partial charge in [-0.05, 0) is 6.07 Å². The second kappa shape index (κ2) is 6.86. The molecule has 0 radical (unpaired) electrons. The van der Waals surface area contributed by atoms with Crippen LogP contribution in [0.5, 0.6) is 5.75 Å². The second-order valence-electron chi connectivity index (χ2n) is 6.25. The van der Waals surface area contributed by atoms with Crippen LogP contribution in [0.1, 0.15) is 0 Å². The average molecular weight is 421 g/mol. The Morgan fingerprint density at radius 2 is 2.07 bits per heavy atom. The lowest BCUT2D eigenvalue weighted by atomic mass is 10.3. The fourth-order valence-electron chi connectivity index (χ4n) is 2.95. The first-order chi connectivity index (χ1) is 13.8. The normalized spacial score (nSPS) is 12.8. The van der Waals surface area contributed by atoms with Crippen molar-refractivity contribution in [3.63, 3.8) is 0 Å². The number of nitrogens with zero attached hydrogens (tertiary/aromatic N) is 4. The molecule has 29 heavy (non-hydrogen) atoms. The average Bonchev–Trinajstić information content (AvgIpc) is 3.27. The number of rotatable bonds is 4. The van der Waals surface area contributed by atoms with Gasteiger partial charge in [0.05, 0.1) is 17.3 Å². The molecule has 3 heterocycles. The maximum atomic E-state index is 13.8. The van der Waals surface area contributed by atoms with Crippen LogP contribution < -0.4 is 37.3 Å². The minimum atomic E-state index is -0.545. The third kappa shape index (κ3) is 3.09. The predicted octanol–water partition coefficient (Wildman–Crippen LogP) is 0.132. The molecule has 3 aromatic rings. The lowest BCUT2D eigenvalue weighted by Crippen LogP contribution is -2.44. The van der Waals surface area contributed by atoms with Gasteiger partial charge < -0.3 is 10.1 Å². The number of benzene rings is 1. The molecule has 0 unspecified atom stereocenters. The van der Waals surface area contributed by atoms with Gasteiger partial charge in [0, 0.05) is 20.2 Å². The first-order valence-corrected chi connectivity index (χ1v) is 9.15. The first-order valence-electron chi connectivity index (χ1n) is 8.33. The Morgan fingerprint density at radius 3 is 2.79 bits per heavy atom. The van der Waals surface area contributed by atoms with Crippen molar-refractivity contribution in [2.45, 2.75) is 0 Å². The third-order valence-electron chi connectivity index (χ3n) is 4.43. The fraction of sp³-hybridized carbons (Fsp3) is 0.250. The summed E-state index contributed by atoms with van der Waals surface area (Å²) in [6.45, 7) is -0.235. The van der Waals surface area contributed by atoms with Crippen molar-refractivity contribution in [1.29, 1.82) is 0 Å². The van der Waals surface area contributed by atoms with Gasteiger partial charge in [0.1, 0.15) is 6.54 Å². The summed E-state index contributed by atoms with van der Waals surface area (Å²) in [4.78, 5) is 41.1. The molecular formula is C16H16FN7O4S. The molecule has 2 aromatic heterocycles. The van der Waals surface area contributed by atoms with Crippen LogP contribution in [0, 0.1) is 5.82 Å². The third-order valence-corrected chi connectivity index (χ3v) is 5.36. The van der Waals surface area contributed by atoms with Crippen LogP contribution in [-0.4, -0.2) is 33.7 Å². The molecule has 0 atom stereocenters. The lowest BCUT2D eigenvalue weighted by molar-refractivity contribution is -0.115. The largest absolute Gasteiger partial charge is 0.494 e. The number of amides is 1. The number of nitrogens with one attached hydrogen (secondary N) is 3. The van der Waals surface area contributed by atoms with Crippen LogP contribution in [0.15, 0.2) is 21.7 Å². The lowest BCUT2D eigenvalue weighted by Gasteiger charge is -2.16. The number of carbonyl (C=O) groups is 1. The number of ether oxygens (including phenoxy) is 1. The van der Waals surface area contributed by atoms with Gasteiger partial charge in [0.15, 0.2) is 28.2 Å². The van der Waals surface area contributed by atoms with E-state index in [4.69, 9.17) is 4.74 Å². The molecule has 13 heteroatoms. The summed E-state index contributed by atoms with van der Waals surface area (Å²) < 4.78 is 21.5. The van der Waals surface area contributed by atoms with E-state index in [1.807, 2.05) is 0 Å². The topological polar surface area (TPSA) is 123 Å². The highest BCUT2D eigenvalue weighted by Crippen LogP contribution is 2.31. The van der Waals surface area contributed by atoms with E-state index in [9.17, 15) is 18.8 Å². The highest BCUT2D eigenvalue weighted by molar-refractivity contribution is 7.22. The number of thiazole rings is 1. The van der Waals surface area contributed by atoms with Crippen molar-refractivity contribution >= 4 is 44.1 Å². The number of hydrogen-bond acceptors (Lipinski definition) is 9. The number of halogens is 1. The number of anilines is 3. The Morgan fingerprint density at radius 1 is 1.31 bits per heavy atom. The second-order valence-corrected chi connectivity index (χ2v) is 7.28. The highest BCUT2D eigenvalue weighted by Gasteiger charge is 2.28. The molecule has 3 N–H and O–H groups in total. The summed E-state index contributed by atoms with van der Waals surface area (Å²) in [5.41, 5.74) is 4.99. The van der Waals surface area contributed by atoms with Gasteiger partial charge in [-0.15, -0.1) is 5.53 Å². The Kier molecular flexibility index (Phi) is 4.47. The number of hydrogen-bond donors (Lipinski definition) is 3. The summed E-state index contributed by atoms with van der Waals surface area (Å²) >= 11 is 1.11. The standard InChI is InChI=1S/C16H16FN7O4S/c1-22-13-12(14(26)23(2)16(22)27)24(21-20-13)6-11(25)19-15-18-8-5-9(28-3)7(17)4-10(8)29-15/h4-5,20-21H,6H2,1-3H3,(H,18,19,25). The highest BCUT2D eigenvalue weighted by atomic mass is 32.1. The van der Waals surface area contributed by atoms with Crippen molar-refractivity contribution < 1.29 is 13.9 Å². The van der Waals surface area contributed by atoms with Crippen LogP contribution in [0.2, 0.25) is 0 Å². The minimum Gasteiger partial charge on any atom is -0.494 e. The molecule has 1 aliphatic rings. The molecule has 152 valence electrons. The zero-order chi connectivity index (χ0) is 20.9. The minimum absolute atomic E-state index is 0.0612. The van der Waals surface area contributed by atoms with Gasteiger partial charge in [-0.2, -0.15) is 0 Å². The van der Waals surface area contributed by atoms with Gasteiger partial charge >= 0.3 is 5.69 Å². The number of fused-ring (bicyclic) bond motifs is 2. The number of hydrazine groups is 2. The van der Waals surface area contributed by atoms with E-state index in [2.05, 4.69) is 21.3 Å². The van der Waals surface area contributed by atoms with Crippen molar-refractivity contribution in [2.24, 2.45) is 14.1 Å². The van der Waals surface area contributed by atoms with E-state index >= 15 is 0 Å². The summed E-state index contributed by atoms with van der Waals surface area (Å²) in [7, 11) is 4.22. The van der Waals surface area contributed by atoms with Crippen LogP contribution in [0.3, 0.4) is 0 Å². The maximum absolute atomic E-state index is 13.8. The van der Waals surface area contributed by atoms with Crippen LogP contribution in [0.25, 0.3) is 10.2 Å². The molecule has 4 rings (SSSR count). The molecule has 0 fully saturated rings. The molecule has 1 aliphatic heterocycles. The zero-order valence-electron chi connectivity index (χ0n) is 15.6. The van der Waals surface area contributed by atoms with Crippen molar-refractivity contribution in [3.05, 3.63) is 38.8 Å². The van der Waals surface area contributed by atoms with Crippen LogP contribution in [-0.2, 0) is 18.9 Å². The first kappa shape index (κ1) is 18.9. The monoisotopic (exact) mass is 421 g/mol. The molecular weight excluding hydrogens is 405 g/mol. The van der Waals surface area contributed by atoms with Gasteiger partial charge in [-0.1, -0.05) is 11.3 Å². The molecule has 0 aliphatic carbocycles. The summed E-state index contributed by atoms with van der Waals surface area (Å²) in [5.74, 6) is -0.666. The van der Waals surface area contributed by atoms with E-state index in [1.165, 1.54) is 42.9 Å². The van der Waals surface area contributed by atoms with Crippen molar-refractivity contribution in [2.75, 3.05) is 29.4 Å². The Balaban J connectivity index is 1.56. The van der Waals surface area contributed by atoms with E-state index < -0.39 is 23.0 Å². The van der Waals surface area contributed by atoms with Gasteiger partial charge in [0.2, 0.25) is 5.91 Å². The Hall–Kier alpha value is -3.45. The van der Waals surface area contributed by atoms with Crippen molar-refractivity contribution in [3.8, 4) is 5.75 Å². The Bertz CT molecular complexity index is 1260. The van der Waals surface area contributed by atoms with E-state index in [0.29, 0.717) is 10.2 Å². The van der Waals surface area contributed by atoms with Gasteiger partial charge in [-0.3, -0.25) is 29.2 Å².